The molecule has 1 aromatic heterocycles. The normalized spacial score (nSPS) is 11.2. The van der Waals surface area contributed by atoms with Crippen LogP contribution >= 0.6 is 0 Å². The van der Waals surface area contributed by atoms with E-state index >= 15 is 0 Å². The molecular weight excluding hydrogens is 240 g/mol. The molecule has 0 atom stereocenters. The lowest BCUT2D eigenvalue weighted by molar-refractivity contribution is 0.387. The zero-order valence-electron chi connectivity index (χ0n) is 12.7. The molecule has 1 heterocycles. The summed E-state index contributed by atoms with van der Waals surface area (Å²) in [7, 11) is 1.64. The fraction of sp³-hybridized carbons (Fsp3) is 0.714. The minimum atomic E-state index is 0.302. The second-order valence-corrected chi connectivity index (χ2v) is 5.77. The third-order valence-corrected chi connectivity index (χ3v) is 2.72. The Balaban J connectivity index is 2.71. The second kappa shape index (κ2) is 7.16. The SMILES string of the molecule is CCCNc1ncnc(NCCC(C)(C)C)c1OC. The molecule has 0 saturated carbocycles. The van der Waals surface area contributed by atoms with E-state index < -0.39 is 0 Å². The number of hydrogen-bond acceptors (Lipinski definition) is 5. The highest BCUT2D eigenvalue weighted by Crippen LogP contribution is 2.29. The minimum absolute atomic E-state index is 0.302. The monoisotopic (exact) mass is 266 g/mol. The molecule has 108 valence electrons. The Kier molecular flexibility index (Phi) is 5.86. The van der Waals surface area contributed by atoms with Crippen molar-refractivity contribution < 1.29 is 4.74 Å². The van der Waals surface area contributed by atoms with Crippen LogP contribution in [-0.2, 0) is 0 Å². The van der Waals surface area contributed by atoms with Gasteiger partial charge < -0.3 is 15.4 Å². The third-order valence-electron chi connectivity index (χ3n) is 2.72. The molecule has 0 aliphatic carbocycles. The van der Waals surface area contributed by atoms with Gasteiger partial charge in [0.25, 0.3) is 0 Å². The van der Waals surface area contributed by atoms with Gasteiger partial charge in [-0.25, -0.2) is 9.97 Å². The van der Waals surface area contributed by atoms with Gasteiger partial charge in [0.15, 0.2) is 11.6 Å². The zero-order valence-corrected chi connectivity index (χ0v) is 12.7. The van der Waals surface area contributed by atoms with Gasteiger partial charge >= 0.3 is 0 Å². The first-order chi connectivity index (χ1) is 8.98. The van der Waals surface area contributed by atoms with Crippen LogP contribution in [0.3, 0.4) is 0 Å². The van der Waals surface area contributed by atoms with Gasteiger partial charge in [-0.2, -0.15) is 0 Å². The minimum Gasteiger partial charge on any atom is -0.490 e. The highest BCUT2D eigenvalue weighted by molar-refractivity contribution is 5.63. The van der Waals surface area contributed by atoms with Gasteiger partial charge in [0.05, 0.1) is 7.11 Å². The van der Waals surface area contributed by atoms with Crippen molar-refractivity contribution in [3.8, 4) is 5.75 Å². The molecule has 0 fully saturated rings. The van der Waals surface area contributed by atoms with Crippen LogP contribution in [0.15, 0.2) is 6.33 Å². The standard InChI is InChI=1S/C14H26N4O/c1-6-8-15-12-11(19-5)13(18-10-17-12)16-9-7-14(2,3)4/h10H,6-9H2,1-5H3,(H2,15,16,17,18). The molecule has 0 aliphatic heterocycles. The van der Waals surface area contributed by atoms with Crippen molar-refractivity contribution >= 4 is 11.6 Å². The lowest BCUT2D eigenvalue weighted by atomic mass is 9.92. The molecule has 0 unspecified atom stereocenters. The fourth-order valence-corrected chi connectivity index (χ4v) is 1.62. The first-order valence-corrected chi connectivity index (χ1v) is 6.84. The Hall–Kier alpha value is -1.52. The summed E-state index contributed by atoms with van der Waals surface area (Å²) in [6.07, 6.45) is 3.66. The molecule has 0 spiro atoms. The van der Waals surface area contributed by atoms with Crippen molar-refractivity contribution in [3.05, 3.63) is 6.33 Å². The van der Waals surface area contributed by atoms with Gasteiger partial charge in [0, 0.05) is 13.1 Å². The van der Waals surface area contributed by atoms with Crippen molar-refractivity contribution in [1.82, 2.24) is 9.97 Å². The van der Waals surface area contributed by atoms with E-state index in [-0.39, 0.29) is 0 Å². The summed E-state index contributed by atoms with van der Waals surface area (Å²) < 4.78 is 5.41. The lowest BCUT2D eigenvalue weighted by Crippen LogP contribution is -2.15. The van der Waals surface area contributed by atoms with Crippen molar-refractivity contribution in [1.29, 1.82) is 0 Å². The van der Waals surface area contributed by atoms with Crippen LogP contribution in [0.1, 0.15) is 40.5 Å². The van der Waals surface area contributed by atoms with Gasteiger partial charge in [-0.15, -0.1) is 0 Å². The van der Waals surface area contributed by atoms with Crippen LogP contribution in [0.2, 0.25) is 0 Å². The van der Waals surface area contributed by atoms with Crippen LogP contribution in [0.4, 0.5) is 11.6 Å². The Bertz CT molecular complexity index is 388. The molecule has 2 N–H and O–H groups in total. The average Bonchev–Trinajstić information content (AvgIpc) is 2.34. The Morgan fingerprint density at radius 1 is 1.11 bits per heavy atom. The van der Waals surface area contributed by atoms with Gasteiger partial charge in [-0.3, -0.25) is 0 Å². The number of nitrogens with one attached hydrogen (secondary N) is 2. The smallest absolute Gasteiger partial charge is 0.204 e. The summed E-state index contributed by atoms with van der Waals surface area (Å²) in [5.41, 5.74) is 0.302. The van der Waals surface area contributed by atoms with E-state index in [4.69, 9.17) is 4.74 Å². The maximum atomic E-state index is 5.41. The van der Waals surface area contributed by atoms with Crippen molar-refractivity contribution in [2.75, 3.05) is 30.8 Å². The number of anilines is 2. The zero-order chi connectivity index (χ0) is 14.3. The Labute approximate surface area is 116 Å². The highest BCUT2D eigenvalue weighted by Gasteiger charge is 2.13. The highest BCUT2D eigenvalue weighted by atomic mass is 16.5. The quantitative estimate of drug-likeness (QED) is 0.794. The average molecular weight is 266 g/mol. The van der Waals surface area contributed by atoms with E-state index in [1.807, 2.05) is 0 Å². The van der Waals surface area contributed by atoms with Crippen molar-refractivity contribution in [3.63, 3.8) is 0 Å². The number of hydrogen-bond donors (Lipinski definition) is 2. The molecule has 5 nitrogen and oxygen atoms in total. The van der Waals surface area contributed by atoms with E-state index in [9.17, 15) is 0 Å². The topological polar surface area (TPSA) is 59.1 Å². The summed E-state index contributed by atoms with van der Waals surface area (Å²) in [6, 6.07) is 0. The Morgan fingerprint density at radius 2 is 1.68 bits per heavy atom. The van der Waals surface area contributed by atoms with Gasteiger partial charge in [0.2, 0.25) is 5.75 Å². The van der Waals surface area contributed by atoms with Crippen LogP contribution in [-0.4, -0.2) is 30.2 Å². The summed E-state index contributed by atoms with van der Waals surface area (Å²) in [4.78, 5) is 8.47. The molecule has 19 heavy (non-hydrogen) atoms. The fourth-order valence-electron chi connectivity index (χ4n) is 1.62. The van der Waals surface area contributed by atoms with E-state index in [2.05, 4.69) is 48.3 Å². The number of ether oxygens (including phenoxy) is 1. The predicted molar refractivity (Wildman–Crippen MR) is 79.9 cm³/mol. The van der Waals surface area contributed by atoms with E-state index in [1.165, 1.54) is 0 Å². The van der Waals surface area contributed by atoms with Crippen molar-refractivity contribution in [2.45, 2.75) is 40.5 Å². The van der Waals surface area contributed by atoms with Gasteiger partial charge in [-0.05, 0) is 18.3 Å². The lowest BCUT2D eigenvalue weighted by Gasteiger charge is -2.19. The molecule has 0 aromatic carbocycles. The molecule has 0 radical (unpaired) electrons. The molecule has 1 rings (SSSR count). The number of rotatable bonds is 7. The summed E-state index contributed by atoms with van der Waals surface area (Å²) in [6.45, 7) is 10.5. The molecule has 0 aliphatic rings. The molecule has 5 heteroatoms. The van der Waals surface area contributed by atoms with E-state index in [0.717, 1.165) is 37.6 Å². The van der Waals surface area contributed by atoms with Crippen LogP contribution in [0.25, 0.3) is 0 Å². The number of nitrogens with zero attached hydrogens (tertiary/aromatic N) is 2. The van der Waals surface area contributed by atoms with E-state index in [1.54, 1.807) is 13.4 Å². The maximum Gasteiger partial charge on any atom is 0.204 e. The van der Waals surface area contributed by atoms with E-state index in [0.29, 0.717) is 11.2 Å². The summed E-state index contributed by atoms with van der Waals surface area (Å²) in [5.74, 6) is 2.18. The molecule has 1 aromatic rings. The summed E-state index contributed by atoms with van der Waals surface area (Å²) >= 11 is 0. The van der Waals surface area contributed by atoms with Crippen LogP contribution in [0.5, 0.6) is 5.75 Å². The Morgan fingerprint density at radius 3 is 2.16 bits per heavy atom. The third kappa shape index (κ3) is 5.32. The van der Waals surface area contributed by atoms with Crippen LogP contribution < -0.4 is 15.4 Å². The number of aromatic nitrogens is 2. The second-order valence-electron chi connectivity index (χ2n) is 5.77. The maximum absolute atomic E-state index is 5.41. The largest absolute Gasteiger partial charge is 0.490 e. The predicted octanol–water partition coefficient (Wildman–Crippen LogP) is 3.16. The van der Waals surface area contributed by atoms with Crippen LogP contribution in [0, 0.1) is 5.41 Å². The molecule has 0 saturated heterocycles. The van der Waals surface area contributed by atoms with Gasteiger partial charge in [0.1, 0.15) is 6.33 Å². The first-order valence-electron chi connectivity index (χ1n) is 6.84. The van der Waals surface area contributed by atoms with Gasteiger partial charge in [-0.1, -0.05) is 27.7 Å². The molecular formula is C14H26N4O. The number of methoxy groups -OCH3 is 1. The van der Waals surface area contributed by atoms with Crippen molar-refractivity contribution in [2.24, 2.45) is 5.41 Å². The summed E-state index contributed by atoms with van der Waals surface area (Å²) in [5, 5.41) is 6.57. The molecule has 0 bridgehead atoms. The molecule has 0 amide bonds. The first kappa shape index (κ1) is 15.5.